The number of halogens is 1. The lowest BCUT2D eigenvalue weighted by molar-refractivity contribution is 0.167. The monoisotopic (exact) mass is 207 g/mol. The molecule has 1 fully saturated rings. The van der Waals surface area contributed by atoms with Crippen LogP contribution in [0.5, 0.6) is 0 Å². The molecule has 1 rings (SSSR count). The predicted molar refractivity (Wildman–Crippen MR) is 55.4 cm³/mol. The minimum absolute atomic E-state index is 0. The summed E-state index contributed by atoms with van der Waals surface area (Å²) in [6.07, 6.45) is 1.07. The number of nitrogens with zero attached hydrogens (tertiary/aromatic N) is 2. The number of carbonyl (C=O) groups is 1. The minimum atomic E-state index is 0. The molecule has 0 aromatic heterocycles. The van der Waals surface area contributed by atoms with Crippen LogP contribution < -0.4 is 5.32 Å². The van der Waals surface area contributed by atoms with Crippen molar-refractivity contribution in [1.82, 2.24) is 15.1 Å². The topological polar surface area (TPSA) is 35.6 Å². The van der Waals surface area contributed by atoms with E-state index in [1.54, 1.807) is 23.9 Å². The van der Waals surface area contributed by atoms with Crippen molar-refractivity contribution in [3.8, 4) is 0 Å². The number of hydrogen-bond acceptors (Lipinski definition) is 2. The van der Waals surface area contributed by atoms with E-state index in [9.17, 15) is 4.79 Å². The second kappa shape index (κ2) is 5.29. The SMILES string of the molecule is CN(C)C(=O)N(C)[C@@H]1CCNC1.Cl. The highest BCUT2D eigenvalue weighted by molar-refractivity contribution is 5.85. The standard InChI is InChI=1S/C8H17N3O.ClH/c1-10(2)8(12)11(3)7-4-5-9-6-7;/h7,9H,4-6H2,1-3H3;1H/t7-;/m1./s1. The Labute approximate surface area is 85.7 Å². The number of rotatable bonds is 1. The van der Waals surface area contributed by atoms with Gasteiger partial charge in [0.05, 0.1) is 0 Å². The fourth-order valence-corrected chi connectivity index (χ4v) is 1.44. The number of urea groups is 1. The Morgan fingerprint density at radius 3 is 2.38 bits per heavy atom. The van der Waals surface area contributed by atoms with Gasteiger partial charge in [0, 0.05) is 33.7 Å². The zero-order chi connectivity index (χ0) is 9.14. The first-order valence-corrected chi connectivity index (χ1v) is 4.27. The van der Waals surface area contributed by atoms with Crippen LogP contribution in [0.2, 0.25) is 0 Å². The average molecular weight is 208 g/mol. The van der Waals surface area contributed by atoms with Crippen LogP contribution >= 0.6 is 12.4 Å². The lowest BCUT2D eigenvalue weighted by Gasteiger charge is -2.26. The van der Waals surface area contributed by atoms with Crippen LogP contribution in [0, 0.1) is 0 Å². The highest BCUT2D eigenvalue weighted by atomic mass is 35.5. The second-order valence-corrected chi connectivity index (χ2v) is 3.43. The minimum Gasteiger partial charge on any atom is -0.331 e. The van der Waals surface area contributed by atoms with E-state index in [4.69, 9.17) is 0 Å². The summed E-state index contributed by atoms with van der Waals surface area (Å²) < 4.78 is 0. The summed E-state index contributed by atoms with van der Waals surface area (Å²) >= 11 is 0. The molecule has 78 valence electrons. The number of likely N-dealkylation sites (N-methyl/N-ethyl adjacent to an activating group) is 1. The van der Waals surface area contributed by atoms with Crippen molar-refractivity contribution in [2.24, 2.45) is 0 Å². The van der Waals surface area contributed by atoms with Crippen molar-refractivity contribution in [3.63, 3.8) is 0 Å². The third kappa shape index (κ3) is 3.04. The van der Waals surface area contributed by atoms with Gasteiger partial charge in [0.15, 0.2) is 0 Å². The fourth-order valence-electron chi connectivity index (χ4n) is 1.44. The highest BCUT2D eigenvalue weighted by Gasteiger charge is 2.23. The summed E-state index contributed by atoms with van der Waals surface area (Å²) in [7, 11) is 5.42. The molecule has 0 spiro atoms. The van der Waals surface area contributed by atoms with E-state index in [2.05, 4.69) is 5.32 Å². The maximum Gasteiger partial charge on any atom is 0.319 e. The largest absolute Gasteiger partial charge is 0.331 e. The van der Waals surface area contributed by atoms with E-state index >= 15 is 0 Å². The maximum absolute atomic E-state index is 11.5. The number of nitrogens with one attached hydrogen (secondary N) is 1. The first-order valence-electron chi connectivity index (χ1n) is 4.27. The van der Waals surface area contributed by atoms with Gasteiger partial charge in [-0.1, -0.05) is 0 Å². The fraction of sp³-hybridized carbons (Fsp3) is 0.875. The Morgan fingerprint density at radius 2 is 2.00 bits per heavy atom. The third-order valence-corrected chi connectivity index (χ3v) is 2.27. The predicted octanol–water partition coefficient (Wildman–Crippen LogP) is 0.384. The molecule has 0 aliphatic carbocycles. The van der Waals surface area contributed by atoms with E-state index < -0.39 is 0 Å². The summed E-state index contributed by atoms with van der Waals surface area (Å²) in [6.45, 7) is 1.95. The van der Waals surface area contributed by atoms with Crippen molar-refractivity contribution in [2.75, 3.05) is 34.2 Å². The summed E-state index contributed by atoms with van der Waals surface area (Å²) in [4.78, 5) is 14.9. The highest BCUT2D eigenvalue weighted by Crippen LogP contribution is 2.07. The molecule has 1 N–H and O–H groups in total. The van der Waals surface area contributed by atoms with E-state index in [-0.39, 0.29) is 18.4 Å². The van der Waals surface area contributed by atoms with Gasteiger partial charge in [-0.2, -0.15) is 0 Å². The quantitative estimate of drug-likeness (QED) is 0.675. The van der Waals surface area contributed by atoms with Gasteiger partial charge in [0.2, 0.25) is 0 Å². The van der Waals surface area contributed by atoms with Crippen molar-refractivity contribution in [1.29, 1.82) is 0 Å². The lowest BCUT2D eigenvalue weighted by Crippen LogP contribution is -2.43. The molecule has 13 heavy (non-hydrogen) atoms. The molecule has 0 aromatic carbocycles. The Morgan fingerprint density at radius 1 is 1.38 bits per heavy atom. The first kappa shape index (κ1) is 12.5. The molecule has 1 aliphatic heterocycles. The van der Waals surface area contributed by atoms with Crippen LogP contribution in [0.3, 0.4) is 0 Å². The van der Waals surface area contributed by atoms with Gasteiger partial charge in [-0.25, -0.2) is 4.79 Å². The van der Waals surface area contributed by atoms with Gasteiger partial charge in [-0.05, 0) is 13.0 Å². The molecule has 4 nitrogen and oxygen atoms in total. The van der Waals surface area contributed by atoms with E-state index in [1.807, 2.05) is 7.05 Å². The van der Waals surface area contributed by atoms with Crippen LogP contribution in [0.4, 0.5) is 4.79 Å². The van der Waals surface area contributed by atoms with E-state index in [0.29, 0.717) is 6.04 Å². The smallest absolute Gasteiger partial charge is 0.319 e. The van der Waals surface area contributed by atoms with E-state index in [1.165, 1.54) is 0 Å². The van der Waals surface area contributed by atoms with Crippen molar-refractivity contribution < 1.29 is 4.79 Å². The van der Waals surface area contributed by atoms with E-state index in [0.717, 1.165) is 19.5 Å². The molecule has 1 atom stereocenters. The Kier molecular flexibility index (Phi) is 5.10. The van der Waals surface area contributed by atoms with Crippen LogP contribution in [0.25, 0.3) is 0 Å². The molecular formula is C8H18ClN3O. The number of hydrogen-bond donors (Lipinski definition) is 1. The van der Waals surface area contributed by atoms with Crippen LogP contribution in [0.15, 0.2) is 0 Å². The molecule has 1 heterocycles. The Hall–Kier alpha value is -0.480. The molecule has 1 saturated heterocycles. The van der Waals surface area contributed by atoms with Gasteiger partial charge in [-0.15, -0.1) is 12.4 Å². The molecule has 5 heteroatoms. The average Bonchev–Trinajstić information content (AvgIpc) is 2.53. The maximum atomic E-state index is 11.5. The molecule has 1 aliphatic rings. The Bertz CT molecular complexity index is 169. The third-order valence-electron chi connectivity index (χ3n) is 2.27. The van der Waals surface area contributed by atoms with Crippen LogP contribution in [-0.2, 0) is 0 Å². The summed E-state index contributed by atoms with van der Waals surface area (Å²) in [5.41, 5.74) is 0. The van der Waals surface area contributed by atoms with Gasteiger partial charge < -0.3 is 15.1 Å². The van der Waals surface area contributed by atoms with Crippen molar-refractivity contribution >= 4 is 18.4 Å². The van der Waals surface area contributed by atoms with Gasteiger partial charge in [0.25, 0.3) is 0 Å². The lowest BCUT2D eigenvalue weighted by atomic mass is 10.2. The molecule has 0 unspecified atom stereocenters. The zero-order valence-electron chi connectivity index (χ0n) is 8.41. The second-order valence-electron chi connectivity index (χ2n) is 3.43. The van der Waals surface area contributed by atoms with Crippen LogP contribution in [0.1, 0.15) is 6.42 Å². The molecule has 0 radical (unpaired) electrons. The summed E-state index contributed by atoms with van der Waals surface area (Å²) in [5.74, 6) is 0. The molecular weight excluding hydrogens is 190 g/mol. The number of carbonyl (C=O) groups excluding carboxylic acids is 1. The van der Waals surface area contributed by atoms with Crippen molar-refractivity contribution in [2.45, 2.75) is 12.5 Å². The normalized spacial score (nSPS) is 20.7. The molecule has 0 saturated carbocycles. The molecule has 2 amide bonds. The molecule has 0 aromatic rings. The summed E-state index contributed by atoms with van der Waals surface area (Å²) in [6, 6.07) is 0.462. The first-order chi connectivity index (χ1) is 5.63. The van der Waals surface area contributed by atoms with Gasteiger partial charge in [0.1, 0.15) is 0 Å². The summed E-state index contributed by atoms with van der Waals surface area (Å²) in [5, 5.41) is 3.23. The van der Waals surface area contributed by atoms with Crippen molar-refractivity contribution in [3.05, 3.63) is 0 Å². The van der Waals surface area contributed by atoms with Gasteiger partial charge in [-0.3, -0.25) is 0 Å². The van der Waals surface area contributed by atoms with Crippen LogP contribution in [-0.4, -0.2) is 56.1 Å². The number of amides is 2. The Balaban J connectivity index is 0.00000144. The molecule has 0 bridgehead atoms. The van der Waals surface area contributed by atoms with Gasteiger partial charge >= 0.3 is 6.03 Å². The zero-order valence-corrected chi connectivity index (χ0v) is 9.23.